The number of amides is 1. The van der Waals surface area contributed by atoms with Gasteiger partial charge in [-0.2, -0.15) is 0 Å². The second kappa shape index (κ2) is 8.46. The number of fused-ring (bicyclic) bond motifs is 2. The average molecular weight is 436 g/mol. The lowest BCUT2D eigenvalue weighted by Crippen LogP contribution is -2.40. The van der Waals surface area contributed by atoms with Crippen molar-refractivity contribution in [2.75, 3.05) is 31.8 Å². The van der Waals surface area contributed by atoms with Crippen molar-refractivity contribution in [2.45, 2.75) is 25.0 Å². The summed E-state index contributed by atoms with van der Waals surface area (Å²) in [5.41, 5.74) is 8.80. The molecule has 32 heavy (non-hydrogen) atoms. The third-order valence-electron chi connectivity index (χ3n) is 5.74. The lowest BCUT2D eigenvalue weighted by Gasteiger charge is -2.25. The van der Waals surface area contributed by atoms with Gasteiger partial charge in [-0.05, 0) is 18.6 Å². The summed E-state index contributed by atoms with van der Waals surface area (Å²) in [4.78, 5) is 27.6. The van der Waals surface area contributed by atoms with Crippen LogP contribution in [0.5, 0.6) is 17.4 Å². The van der Waals surface area contributed by atoms with Crippen LogP contribution in [0.2, 0.25) is 0 Å². The van der Waals surface area contributed by atoms with E-state index in [4.69, 9.17) is 19.9 Å². The first-order chi connectivity index (χ1) is 15.6. The van der Waals surface area contributed by atoms with Gasteiger partial charge in [0.25, 0.3) is 0 Å². The molecule has 2 atom stereocenters. The normalized spacial score (nSPS) is 19.8. The molecule has 0 spiro atoms. The van der Waals surface area contributed by atoms with Crippen molar-refractivity contribution in [3.05, 3.63) is 42.4 Å². The van der Waals surface area contributed by atoms with Gasteiger partial charge in [-0.3, -0.25) is 14.8 Å². The summed E-state index contributed by atoms with van der Waals surface area (Å²) >= 11 is 0. The number of hydrogen-bond acceptors (Lipinski definition) is 9. The van der Waals surface area contributed by atoms with Crippen molar-refractivity contribution in [1.82, 2.24) is 20.3 Å². The minimum atomic E-state index is -0.459. The Balaban J connectivity index is 1.36. The highest BCUT2D eigenvalue weighted by atomic mass is 16.6. The molecular formula is C22H24N6O4. The first-order valence-electron chi connectivity index (χ1n) is 10.5. The Morgan fingerprint density at radius 3 is 2.91 bits per heavy atom. The molecule has 166 valence electrons. The van der Waals surface area contributed by atoms with E-state index in [1.807, 2.05) is 23.1 Å². The van der Waals surface area contributed by atoms with Gasteiger partial charge in [-0.15, -0.1) is 0 Å². The molecular weight excluding hydrogens is 412 g/mol. The van der Waals surface area contributed by atoms with Crippen molar-refractivity contribution in [2.24, 2.45) is 5.73 Å². The van der Waals surface area contributed by atoms with E-state index < -0.39 is 6.04 Å². The monoisotopic (exact) mass is 436 g/mol. The SMILES string of the molecule is COc1ccc2nccc(N3C[C@H](NCc4cc5c(cn4)OCCO5)C[C@H]3C(N)=O)c2n1. The number of nitrogens with one attached hydrogen (secondary N) is 1. The Morgan fingerprint density at radius 1 is 1.25 bits per heavy atom. The summed E-state index contributed by atoms with van der Waals surface area (Å²) in [5.74, 6) is 1.48. The molecule has 0 aliphatic carbocycles. The quantitative estimate of drug-likeness (QED) is 0.583. The molecule has 5 rings (SSSR count). The van der Waals surface area contributed by atoms with E-state index >= 15 is 0 Å². The molecule has 0 radical (unpaired) electrons. The van der Waals surface area contributed by atoms with Crippen molar-refractivity contribution in [3.63, 3.8) is 0 Å². The van der Waals surface area contributed by atoms with Gasteiger partial charge < -0.3 is 30.2 Å². The maximum atomic E-state index is 12.3. The van der Waals surface area contributed by atoms with Crippen molar-refractivity contribution in [3.8, 4) is 17.4 Å². The molecule has 5 heterocycles. The molecule has 1 amide bonds. The highest BCUT2D eigenvalue weighted by Crippen LogP contribution is 2.32. The van der Waals surface area contributed by atoms with E-state index in [1.54, 1.807) is 25.6 Å². The fourth-order valence-electron chi connectivity index (χ4n) is 4.19. The number of primary amides is 1. The number of nitrogens with zero attached hydrogens (tertiary/aromatic N) is 4. The van der Waals surface area contributed by atoms with E-state index in [9.17, 15) is 4.79 Å². The van der Waals surface area contributed by atoms with Gasteiger partial charge in [-0.1, -0.05) is 0 Å². The maximum Gasteiger partial charge on any atom is 0.240 e. The highest BCUT2D eigenvalue weighted by Gasteiger charge is 2.36. The Hall–Kier alpha value is -3.66. The predicted molar refractivity (Wildman–Crippen MR) is 117 cm³/mol. The van der Waals surface area contributed by atoms with E-state index in [1.165, 1.54) is 0 Å². The topological polar surface area (TPSA) is 125 Å². The number of aromatic nitrogens is 3. The van der Waals surface area contributed by atoms with Crippen LogP contribution in [0, 0.1) is 0 Å². The van der Waals surface area contributed by atoms with Gasteiger partial charge in [0.05, 0.1) is 30.2 Å². The number of rotatable bonds is 6. The zero-order chi connectivity index (χ0) is 22.1. The van der Waals surface area contributed by atoms with Crippen LogP contribution in [-0.2, 0) is 11.3 Å². The summed E-state index contributed by atoms with van der Waals surface area (Å²) in [6, 6.07) is 6.93. The van der Waals surface area contributed by atoms with Crippen LogP contribution < -0.4 is 30.2 Å². The summed E-state index contributed by atoms with van der Waals surface area (Å²) in [5, 5.41) is 3.49. The molecule has 2 aliphatic heterocycles. The fraction of sp³-hybridized carbons (Fsp3) is 0.364. The van der Waals surface area contributed by atoms with Gasteiger partial charge in [0.15, 0.2) is 11.5 Å². The minimum Gasteiger partial charge on any atom is -0.486 e. The summed E-state index contributed by atoms with van der Waals surface area (Å²) < 4.78 is 16.4. The number of carbonyl (C=O) groups is 1. The predicted octanol–water partition coefficient (Wildman–Crippen LogP) is 1.03. The third-order valence-corrected chi connectivity index (χ3v) is 5.74. The second-order valence-corrected chi connectivity index (χ2v) is 7.75. The molecule has 3 aromatic heterocycles. The van der Waals surface area contributed by atoms with Crippen LogP contribution >= 0.6 is 0 Å². The van der Waals surface area contributed by atoms with Crippen LogP contribution in [0.25, 0.3) is 11.0 Å². The van der Waals surface area contributed by atoms with E-state index in [2.05, 4.69) is 20.3 Å². The number of anilines is 1. The largest absolute Gasteiger partial charge is 0.486 e. The molecule has 1 saturated heterocycles. The number of nitrogens with two attached hydrogens (primary N) is 1. The lowest BCUT2D eigenvalue weighted by molar-refractivity contribution is -0.119. The Kier molecular flexibility index (Phi) is 5.36. The highest BCUT2D eigenvalue weighted by molar-refractivity contribution is 5.92. The molecule has 2 aliphatic rings. The maximum absolute atomic E-state index is 12.3. The zero-order valence-electron chi connectivity index (χ0n) is 17.7. The summed E-state index contributed by atoms with van der Waals surface area (Å²) in [6.45, 7) is 2.18. The third kappa shape index (κ3) is 3.84. The molecule has 0 unspecified atom stereocenters. The van der Waals surface area contributed by atoms with Gasteiger partial charge in [0.1, 0.15) is 24.8 Å². The summed E-state index contributed by atoms with van der Waals surface area (Å²) in [7, 11) is 1.57. The molecule has 10 heteroatoms. The second-order valence-electron chi connectivity index (χ2n) is 7.75. The molecule has 0 aromatic carbocycles. The van der Waals surface area contributed by atoms with Crippen LogP contribution in [0.4, 0.5) is 5.69 Å². The Bertz CT molecular complexity index is 1160. The first-order valence-corrected chi connectivity index (χ1v) is 10.5. The summed E-state index contributed by atoms with van der Waals surface area (Å²) in [6.07, 6.45) is 3.97. The van der Waals surface area contributed by atoms with Crippen LogP contribution in [0.3, 0.4) is 0 Å². The first kappa shape index (κ1) is 20.3. The fourth-order valence-corrected chi connectivity index (χ4v) is 4.19. The van der Waals surface area contributed by atoms with E-state index in [0.29, 0.717) is 55.6 Å². The lowest BCUT2D eigenvalue weighted by atomic mass is 10.1. The van der Waals surface area contributed by atoms with Crippen LogP contribution in [0.1, 0.15) is 12.1 Å². The molecule has 0 bridgehead atoms. The van der Waals surface area contributed by atoms with E-state index in [0.717, 1.165) is 16.9 Å². The molecule has 10 nitrogen and oxygen atoms in total. The van der Waals surface area contributed by atoms with Crippen LogP contribution in [-0.4, -0.2) is 59.8 Å². The Labute approximate surface area is 184 Å². The number of pyridine rings is 3. The van der Waals surface area contributed by atoms with E-state index in [-0.39, 0.29) is 11.9 Å². The Morgan fingerprint density at radius 2 is 2.09 bits per heavy atom. The number of ether oxygens (including phenoxy) is 3. The molecule has 3 aromatic rings. The van der Waals surface area contributed by atoms with Crippen molar-refractivity contribution in [1.29, 1.82) is 0 Å². The molecule has 3 N–H and O–H groups in total. The molecule has 1 fully saturated rings. The van der Waals surface area contributed by atoms with Gasteiger partial charge in [0.2, 0.25) is 11.8 Å². The molecule has 0 saturated carbocycles. The minimum absolute atomic E-state index is 0.0383. The number of carbonyl (C=O) groups excluding carboxylic acids is 1. The number of hydrogen-bond donors (Lipinski definition) is 2. The van der Waals surface area contributed by atoms with Gasteiger partial charge >= 0.3 is 0 Å². The van der Waals surface area contributed by atoms with Gasteiger partial charge in [-0.25, -0.2) is 4.98 Å². The number of methoxy groups -OCH3 is 1. The standard InChI is InChI=1S/C22H24N6O4/c1-30-20-3-2-15-21(27-20)16(4-5-24-15)28-12-14(8-17(28)22(23)29)25-10-13-9-18-19(11-26-13)32-7-6-31-18/h2-5,9,11,14,17,25H,6-8,10,12H2,1H3,(H2,23,29)/t14-,17+/m1/s1. The van der Waals surface area contributed by atoms with Crippen molar-refractivity contribution < 1.29 is 19.0 Å². The zero-order valence-corrected chi connectivity index (χ0v) is 17.7. The van der Waals surface area contributed by atoms with Crippen molar-refractivity contribution >= 4 is 22.6 Å². The van der Waals surface area contributed by atoms with Crippen LogP contribution in [0.15, 0.2) is 36.7 Å². The smallest absolute Gasteiger partial charge is 0.240 e. The average Bonchev–Trinajstić information content (AvgIpc) is 3.26. The van der Waals surface area contributed by atoms with Gasteiger partial charge in [0, 0.05) is 37.5 Å².